The number of benzene rings is 1. The van der Waals surface area contributed by atoms with Gasteiger partial charge < -0.3 is 4.74 Å². The van der Waals surface area contributed by atoms with E-state index in [1.165, 1.54) is 4.88 Å². The van der Waals surface area contributed by atoms with Crippen molar-refractivity contribution in [2.24, 2.45) is 0 Å². The standard InChI is InChI=1S/C12H10BrClOS/c13-12-4-3-10(6-9(12)7-14)15-8-11-2-1-5-16-11/h1-6H,7-8H2. The van der Waals surface area contributed by atoms with Crippen molar-refractivity contribution in [3.63, 3.8) is 0 Å². The number of hydrogen-bond acceptors (Lipinski definition) is 2. The molecule has 1 aromatic heterocycles. The maximum Gasteiger partial charge on any atom is 0.122 e. The summed E-state index contributed by atoms with van der Waals surface area (Å²) < 4.78 is 6.70. The zero-order chi connectivity index (χ0) is 11.4. The maximum atomic E-state index is 5.82. The highest BCUT2D eigenvalue weighted by atomic mass is 79.9. The number of alkyl halides is 1. The van der Waals surface area contributed by atoms with Crippen molar-refractivity contribution in [1.29, 1.82) is 0 Å². The van der Waals surface area contributed by atoms with Crippen molar-refractivity contribution in [2.75, 3.05) is 0 Å². The molecule has 0 N–H and O–H groups in total. The van der Waals surface area contributed by atoms with Crippen LogP contribution in [-0.2, 0) is 12.5 Å². The molecular formula is C12H10BrClOS. The Bertz CT molecular complexity index is 456. The summed E-state index contributed by atoms with van der Waals surface area (Å²) in [5, 5.41) is 2.05. The van der Waals surface area contributed by atoms with Crippen LogP contribution >= 0.6 is 38.9 Å². The van der Waals surface area contributed by atoms with Crippen LogP contribution in [-0.4, -0.2) is 0 Å². The van der Waals surface area contributed by atoms with Gasteiger partial charge in [0, 0.05) is 15.2 Å². The smallest absolute Gasteiger partial charge is 0.122 e. The fourth-order valence-electron chi connectivity index (χ4n) is 1.29. The Kier molecular flexibility index (Phi) is 4.27. The van der Waals surface area contributed by atoms with E-state index in [2.05, 4.69) is 22.0 Å². The minimum Gasteiger partial charge on any atom is -0.488 e. The van der Waals surface area contributed by atoms with Crippen molar-refractivity contribution in [1.82, 2.24) is 0 Å². The third-order valence-corrected chi connectivity index (χ3v) is 4.03. The monoisotopic (exact) mass is 316 g/mol. The number of hydrogen-bond donors (Lipinski definition) is 0. The lowest BCUT2D eigenvalue weighted by Crippen LogP contribution is -1.93. The molecule has 0 spiro atoms. The fraction of sp³-hybridized carbons (Fsp3) is 0.167. The molecule has 0 bridgehead atoms. The summed E-state index contributed by atoms with van der Waals surface area (Å²) in [7, 11) is 0. The molecule has 16 heavy (non-hydrogen) atoms. The molecule has 0 amide bonds. The van der Waals surface area contributed by atoms with E-state index in [1.807, 2.05) is 29.6 Å². The molecule has 0 fully saturated rings. The topological polar surface area (TPSA) is 9.23 Å². The lowest BCUT2D eigenvalue weighted by atomic mass is 10.2. The van der Waals surface area contributed by atoms with E-state index < -0.39 is 0 Å². The van der Waals surface area contributed by atoms with Gasteiger partial charge in [0.2, 0.25) is 0 Å². The van der Waals surface area contributed by atoms with Gasteiger partial charge in [-0.2, -0.15) is 0 Å². The fourth-order valence-corrected chi connectivity index (χ4v) is 2.68. The molecule has 1 nitrogen and oxygen atoms in total. The summed E-state index contributed by atoms with van der Waals surface area (Å²) in [5.41, 5.74) is 1.05. The van der Waals surface area contributed by atoms with Crippen LogP contribution in [0.25, 0.3) is 0 Å². The molecule has 0 aliphatic rings. The summed E-state index contributed by atoms with van der Waals surface area (Å²) in [6, 6.07) is 9.95. The van der Waals surface area contributed by atoms with E-state index in [0.717, 1.165) is 15.8 Å². The number of thiophene rings is 1. The van der Waals surface area contributed by atoms with E-state index in [-0.39, 0.29) is 0 Å². The van der Waals surface area contributed by atoms with Gasteiger partial charge in [0.25, 0.3) is 0 Å². The molecule has 2 aromatic rings. The molecule has 0 radical (unpaired) electrons. The van der Waals surface area contributed by atoms with Gasteiger partial charge in [-0.15, -0.1) is 22.9 Å². The van der Waals surface area contributed by atoms with Crippen molar-refractivity contribution >= 4 is 38.9 Å². The molecule has 0 saturated heterocycles. The molecule has 84 valence electrons. The van der Waals surface area contributed by atoms with Gasteiger partial charge in [-0.1, -0.05) is 22.0 Å². The largest absolute Gasteiger partial charge is 0.488 e. The summed E-state index contributed by atoms with van der Waals surface area (Å²) in [6.07, 6.45) is 0. The highest BCUT2D eigenvalue weighted by Crippen LogP contribution is 2.24. The average molecular weight is 318 g/mol. The van der Waals surface area contributed by atoms with Crippen LogP contribution in [0.3, 0.4) is 0 Å². The van der Waals surface area contributed by atoms with Crippen LogP contribution in [0.2, 0.25) is 0 Å². The molecule has 4 heteroatoms. The van der Waals surface area contributed by atoms with Crippen molar-refractivity contribution < 1.29 is 4.74 Å². The summed E-state index contributed by atoms with van der Waals surface area (Å²) >= 11 is 11.0. The van der Waals surface area contributed by atoms with E-state index in [9.17, 15) is 0 Å². The minimum absolute atomic E-state index is 0.483. The van der Waals surface area contributed by atoms with Crippen LogP contribution in [0, 0.1) is 0 Å². The second-order valence-electron chi connectivity index (χ2n) is 3.25. The predicted molar refractivity (Wildman–Crippen MR) is 72.4 cm³/mol. The van der Waals surface area contributed by atoms with E-state index in [4.69, 9.17) is 16.3 Å². The van der Waals surface area contributed by atoms with E-state index >= 15 is 0 Å². The molecule has 1 heterocycles. The van der Waals surface area contributed by atoms with Crippen molar-refractivity contribution in [2.45, 2.75) is 12.5 Å². The highest BCUT2D eigenvalue weighted by molar-refractivity contribution is 9.10. The van der Waals surface area contributed by atoms with Crippen LogP contribution in [0.15, 0.2) is 40.2 Å². The zero-order valence-corrected chi connectivity index (χ0v) is 11.6. The second-order valence-corrected chi connectivity index (χ2v) is 5.41. The third kappa shape index (κ3) is 3.00. The highest BCUT2D eigenvalue weighted by Gasteiger charge is 2.02. The Morgan fingerprint density at radius 1 is 1.31 bits per heavy atom. The summed E-state index contributed by atoms with van der Waals surface area (Å²) in [6.45, 7) is 0.612. The van der Waals surface area contributed by atoms with E-state index in [0.29, 0.717) is 12.5 Å². The van der Waals surface area contributed by atoms with Gasteiger partial charge in [0.1, 0.15) is 12.4 Å². The molecule has 0 unspecified atom stereocenters. The first-order valence-electron chi connectivity index (χ1n) is 4.79. The Hall–Kier alpha value is -0.510. The lowest BCUT2D eigenvalue weighted by Gasteiger charge is -2.07. The minimum atomic E-state index is 0.483. The third-order valence-electron chi connectivity index (χ3n) is 2.12. The summed E-state index contributed by atoms with van der Waals surface area (Å²) in [4.78, 5) is 1.22. The normalized spacial score (nSPS) is 10.4. The zero-order valence-electron chi connectivity index (χ0n) is 8.45. The molecular weight excluding hydrogens is 308 g/mol. The molecule has 0 saturated carbocycles. The van der Waals surface area contributed by atoms with Gasteiger partial charge in [-0.3, -0.25) is 0 Å². The molecule has 0 aliphatic carbocycles. The first-order valence-corrected chi connectivity index (χ1v) is 7.00. The van der Waals surface area contributed by atoms with Gasteiger partial charge in [-0.25, -0.2) is 0 Å². The Morgan fingerprint density at radius 3 is 2.88 bits per heavy atom. The molecule has 2 rings (SSSR count). The van der Waals surface area contributed by atoms with Gasteiger partial charge >= 0.3 is 0 Å². The molecule has 1 aromatic carbocycles. The van der Waals surface area contributed by atoms with Crippen LogP contribution < -0.4 is 4.74 Å². The van der Waals surface area contributed by atoms with Crippen LogP contribution in [0.1, 0.15) is 10.4 Å². The van der Waals surface area contributed by atoms with Crippen molar-refractivity contribution in [3.8, 4) is 5.75 Å². The summed E-state index contributed by atoms with van der Waals surface area (Å²) in [5.74, 6) is 1.34. The van der Waals surface area contributed by atoms with Gasteiger partial charge in [0.15, 0.2) is 0 Å². The predicted octanol–water partition coefficient (Wildman–Crippen LogP) is 4.83. The maximum absolute atomic E-state index is 5.82. The number of rotatable bonds is 4. The van der Waals surface area contributed by atoms with Gasteiger partial charge in [-0.05, 0) is 35.2 Å². The quantitative estimate of drug-likeness (QED) is 0.734. The Balaban J connectivity index is 2.04. The second kappa shape index (κ2) is 5.71. The Morgan fingerprint density at radius 2 is 2.19 bits per heavy atom. The molecule has 0 atom stereocenters. The van der Waals surface area contributed by atoms with E-state index in [1.54, 1.807) is 11.3 Å². The van der Waals surface area contributed by atoms with Crippen LogP contribution in [0.5, 0.6) is 5.75 Å². The Labute approximate surface area is 112 Å². The SMILES string of the molecule is ClCc1cc(OCc2cccs2)ccc1Br. The number of halogens is 2. The van der Waals surface area contributed by atoms with Crippen molar-refractivity contribution in [3.05, 3.63) is 50.6 Å². The van der Waals surface area contributed by atoms with Gasteiger partial charge in [0.05, 0.1) is 0 Å². The lowest BCUT2D eigenvalue weighted by molar-refractivity contribution is 0.309. The first-order chi connectivity index (χ1) is 7.79. The molecule has 0 aliphatic heterocycles. The average Bonchev–Trinajstić information content (AvgIpc) is 2.81. The van der Waals surface area contributed by atoms with Crippen LogP contribution in [0.4, 0.5) is 0 Å². The first kappa shape index (κ1) is 12.0. The number of ether oxygens (including phenoxy) is 1.